The number of fused-ring (bicyclic) bond motifs is 3. The summed E-state index contributed by atoms with van der Waals surface area (Å²) in [5.74, 6) is 2.35. The maximum absolute atomic E-state index is 6.19. The quantitative estimate of drug-likeness (QED) is 0.228. The van der Waals surface area contributed by atoms with Gasteiger partial charge in [-0.15, -0.1) is 0 Å². The normalized spacial score (nSPS) is 12.0. The highest BCUT2D eigenvalue weighted by Crippen LogP contribution is 2.50. The smallest absolute Gasteiger partial charge is 0.234 e. The van der Waals surface area contributed by atoms with Crippen LogP contribution in [-0.2, 0) is 0 Å². The van der Waals surface area contributed by atoms with Crippen LogP contribution in [0.3, 0.4) is 0 Å². The van der Waals surface area contributed by atoms with E-state index < -0.39 is 0 Å². The number of nitrogens with zero attached hydrogens (tertiary/aromatic N) is 4. The van der Waals surface area contributed by atoms with Crippen LogP contribution in [-0.4, -0.2) is 14.4 Å². The summed E-state index contributed by atoms with van der Waals surface area (Å²) < 4.78 is 8.29. The van der Waals surface area contributed by atoms with Gasteiger partial charge < -0.3 is 9.64 Å². The molecule has 5 heteroatoms. The van der Waals surface area contributed by atoms with Crippen LogP contribution in [0, 0.1) is 0 Å². The minimum atomic E-state index is 0.671. The molecule has 41 heavy (non-hydrogen) atoms. The molecule has 1 aliphatic rings. The van der Waals surface area contributed by atoms with Crippen LogP contribution in [0.4, 0.5) is 17.1 Å². The molecule has 0 saturated carbocycles. The van der Waals surface area contributed by atoms with Crippen molar-refractivity contribution in [3.63, 3.8) is 0 Å². The maximum atomic E-state index is 6.19. The SMILES string of the molecule is c1ccc(-c2nc3ncc(-c4ccc(N5c6ccccc6Oc6ccccc65)cc4)cn3c2-c2ccccc2)cc1. The van der Waals surface area contributed by atoms with Crippen molar-refractivity contribution < 1.29 is 4.74 Å². The van der Waals surface area contributed by atoms with Crippen LogP contribution in [0.1, 0.15) is 0 Å². The third kappa shape index (κ3) is 3.95. The number of aromatic nitrogens is 3. The molecule has 0 atom stereocenters. The van der Waals surface area contributed by atoms with E-state index in [-0.39, 0.29) is 0 Å². The lowest BCUT2D eigenvalue weighted by Crippen LogP contribution is -2.15. The molecule has 5 nitrogen and oxygen atoms in total. The van der Waals surface area contributed by atoms with Crippen molar-refractivity contribution >= 4 is 22.8 Å². The molecular formula is C36H24N4O. The average molecular weight is 529 g/mol. The fraction of sp³-hybridized carbons (Fsp3) is 0. The molecule has 0 radical (unpaired) electrons. The van der Waals surface area contributed by atoms with Gasteiger partial charge in [-0.2, -0.15) is 0 Å². The number of ether oxygens (including phenoxy) is 1. The molecule has 2 aromatic heterocycles. The van der Waals surface area contributed by atoms with E-state index in [2.05, 4.69) is 88.3 Å². The van der Waals surface area contributed by atoms with Crippen molar-refractivity contribution in [3.05, 3.63) is 146 Å². The number of para-hydroxylation sites is 4. The Bertz CT molecular complexity index is 1970. The first-order valence-corrected chi connectivity index (χ1v) is 13.6. The molecule has 0 saturated heterocycles. The first kappa shape index (κ1) is 23.2. The van der Waals surface area contributed by atoms with E-state index in [4.69, 9.17) is 14.7 Å². The van der Waals surface area contributed by atoms with E-state index in [0.29, 0.717) is 5.78 Å². The van der Waals surface area contributed by atoms with E-state index in [1.54, 1.807) is 0 Å². The minimum Gasteiger partial charge on any atom is -0.453 e. The summed E-state index contributed by atoms with van der Waals surface area (Å²) in [5, 5.41) is 0. The van der Waals surface area contributed by atoms with Crippen molar-refractivity contribution in [2.75, 3.05) is 4.90 Å². The number of hydrogen-bond donors (Lipinski definition) is 0. The molecule has 0 spiro atoms. The van der Waals surface area contributed by atoms with Crippen LogP contribution >= 0.6 is 0 Å². The summed E-state index contributed by atoms with van der Waals surface area (Å²) in [6.07, 6.45) is 4.04. The van der Waals surface area contributed by atoms with Crippen molar-refractivity contribution in [3.8, 4) is 45.1 Å². The van der Waals surface area contributed by atoms with Crippen LogP contribution < -0.4 is 9.64 Å². The summed E-state index contributed by atoms with van der Waals surface area (Å²) in [4.78, 5) is 12.0. The van der Waals surface area contributed by atoms with Crippen molar-refractivity contribution in [1.29, 1.82) is 0 Å². The number of rotatable bonds is 4. The van der Waals surface area contributed by atoms with Gasteiger partial charge in [-0.3, -0.25) is 4.40 Å². The predicted octanol–water partition coefficient (Wildman–Crippen LogP) is 9.31. The van der Waals surface area contributed by atoms with Gasteiger partial charge in [0.25, 0.3) is 0 Å². The van der Waals surface area contributed by atoms with Gasteiger partial charge in [-0.1, -0.05) is 97.1 Å². The van der Waals surface area contributed by atoms with Gasteiger partial charge in [0, 0.05) is 34.8 Å². The Kier molecular flexibility index (Phi) is 5.38. The lowest BCUT2D eigenvalue weighted by Gasteiger charge is -2.32. The molecule has 3 heterocycles. The first-order chi connectivity index (χ1) is 20.3. The van der Waals surface area contributed by atoms with Crippen LogP contribution in [0.25, 0.3) is 39.4 Å². The van der Waals surface area contributed by atoms with Crippen molar-refractivity contribution in [2.24, 2.45) is 0 Å². The second-order valence-corrected chi connectivity index (χ2v) is 9.97. The Morgan fingerprint density at radius 2 is 1.10 bits per heavy atom. The molecule has 0 N–H and O–H groups in total. The Labute approximate surface area is 237 Å². The molecule has 0 fully saturated rings. The highest BCUT2D eigenvalue weighted by molar-refractivity contribution is 5.87. The number of anilines is 3. The number of benzene rings is 5. The zero-order valence-electron chi connectivity index (χ0n) is 22.1. The second kappa shape index (κ2) is 9.50. The molecule has 7 aromatic rings. The van der Waals surface area contributed by atoms with Gasteiger partial charge in [0.2, 0.25) is 5.78 Å². The van der Waals surface area contributed by atoms with Gasteiger partial charge >= 0.3 is 0 Å². The topological polar surface area (TPSA) is 42.7 Å². The summed E-state index contributed by atoms with van der Waals surface area (Å²) in [5.41, 5.74) is 9.29. The molecule has 0 bridgehead atoms. The Morgan fingerprint density at radius 3 is 1.76 bits per heavy atom. The molecule has 5 aromatic carbocycles. The Morgan fingerprint density at radius 1 is 0.512 bits per heavy atom. The number of hydrogen-bond acceptors (Lipinski definition) is 4. The monoisotopic (exact) mass is 528 g/mol. The van der Waals surface area contributed by atoms with Gasteiger partial charge in [0.05, 0.1) is 22.8 Å². The summed E-state index contributed by atoms with van der Waals surface area (Å²) in [7, 11) is 0. The zero-order valence-corrected chi connectivity index (χ0v) is 22.1. The Hall–Kier alpha value is -5.68. The van der Waals surface area contributed by atoms with E-state index >= 15 is 0 Å². The molecular weight excluding hydrogens is 504 g/mol. The summed E-state index contributed by atoms with van der Waals surface area (Å²) >= 11 is 0. The third-order valence-corrected chi connectivity index (χ3v) is 7.47. The predicted molar refractivity (Wildman–Crippen MR) is 164 cm³/mol. The van der Waals surface area contributed by atoms with Gasteiger partial charge in [0.1, 0.15) is 0 Å². The molecule has 0 aliphatic carbocycles. The average Bonchev–Trinajstić information content (AvgIpc) is 3.43. The van der Waals surface area contributed by atoms with Crippen molar-refractivity contribution in [2.45, 2.75) is 0 Å². The summed E-state index contributed by atoms with van der Waals surface area (Å²) in [6, 6.07) is 45.6. The fourth-order valence-corrected chi connectivity index (χ4v) is 5.54. The van der Waals surface area contributed by atoms with Crippen LogP contribution in [0.5, 0.6) is 11.5 Å². The Balaban J connectivity index is 1.23. The van der Waals surface area contributed by atoms with E-state index in [0.717, 1.165) is 62.2 Å². The van der Waals surface area contributed by atoms with Gasteiger partial charge in [-0.05, 0) is 42.0 Å². The van der Waals surface area contributed by atoms with Crippen molar-refractivity contribution in [1.82, 2.24) is 14.4 Å². The lowest BCUT2D eigenvalue weighted by molar-refractivity contribution is 0.477. The molecule has 1 aliphatic heterocycles. The van der Waals surface area contributed by atoms with Gasteiger partial charge in [-0.25, -0.2) is 9.97 Å². The zero-order chi connectivity index (χ0) is 27.2. The number of imidazole rings is 1. The fourth-order valence-electron chi connectivity index (χ4n) is 5.54. The lowest BCUT2D eigenvalue weighted by atomic mass is 10.0. The molecule has 8 rings (SSSR count). The third-order valence-electron chi connectivity index (χ3n) is 7.47. The molecule has 0 amide bonds. The summed E-state index contributed by atoms with van der Waals surface area (Å²) in [6.45, 7) is 0. The van der Waals surface area contributed by atoms with Crippen LogP contribution in [0.15, 0.2) is 146 Å². The molecule has 0 unspecified atom stereocenters. The molecule has 194 valence electrons. The van der Waals surface area contributed by atoms with E-state index in [1.165, 1.54) is 0 Å². The van der Waals surface area contributed by atoms with Crippen LogP contribution in [0.2, 0.25) is 0 Å². The minimum absolute atomic E-state index is 0.671. The highest BCUT2D eigenvalue weighted by Gasteiger charge is 2.25. The first-order valence-electron chi connectivity index (χ1n) is 13.6. The van der Waals surface area contributed by atoms with E-state index in [1.807, 2.05) is 66.9 Å². The van der Waals surface area contributed by atoms with Gasteiger partial charge in [0.15, 0.2) is 11.5 Å². The second-order valence-electron chi connectivity index (χ2n) is 9.97. The largest absolute Gasteiger partial charge is 0.453 e. The standard InChI is InChI=1S/C36H24N4O/c1-3-11-26(12-4-1)34-35(27-13-5-2-6-14-27)39-24-28(23-37-36(39)38-34)25-19-21-29(22-20-25)40-30-15-7-9-17-32(30)41-33-18-10-8-16-31(33)40/h1-24H. The van der Waals surface area contributed by atoms with E-state index in [9.17, 15) is 0 Å². The highest BCUT2D eigenvalue weighted by atomic mass is 16.5. The maximum Gasteiger partial charge on any atom is 0.234 e.